The highest BCUT2D eigenvalue weighted by Crippen LogP contribution is 2.23. The van der Waals surface area contributed by atoms with Gasteiger partial charge in [-0.05, 0) is 50.2 Å². The second-order valence-corrected chi connectivity index (χ2v) is 7.35. The second-order valence-electron chi connectivity index (χ2n) is 5.58. The van der Waals surface area contributed by atoms with Crippen LogP contribution in [0.1, 0.15) is 24.5 Å². The average Bonchev–Trinajstić information content (AvgIpc) is 2.99. The molecule has 0 aliphatic carbocycles. The molecule has 0 saturated heterocycles. The number of furan rings is 1. The molecule has 0 saturated carbocycles. The summed E-state index contributed by atoms with van der Waals surface area (Å²) in [5, 5.41) is 2.56. The predicted octanol–water partition coefficient (Wildman–Crippen LogP) is 2.64. The number of carbonyl (C=O) groups excluding carboxylic acids is 1. The number of alkyl halides is 3. The molecule has 1 amide bonds. The van der Waals surface area contributed by atoms with Gasteiger partial charge in [-0.1, -0.05) is 0 Å². The fourth-order valence-corrected chi connectivity index (χ4v) is 3.10. The number of aryl methyl sites for hydroxylation is 1. The van der Waals surface area contributed by atoms with Crippen LogP contribution in [-0.2, 0) is 14.8 Å². The molecule has 0 radical (unpaired) electrons. The van der Waals surface area contributed by atoms with Gasteiger partial charge in [0.25, 0.3) is 0 Å². The van der Waals surface area contributed by atoms with Crippen molar-refractivity contribution in [2.45, 2.75) is 31.1 Å². The number of amides is 1. The first-order chi connectivity index (χ1) is 12.5. The third-order valence-corrected chi connectivity index (χ3v) is 4.77. The minimum absolute atomic E-state index is 0.306. The Bertz CT molecular complexity index is 892. The van der Waals surface area contributed by atoms with E-state index in [9.17, 15) is 26.4 Å². The zero-order chi connectivity index (χ0) is 20.2. The van der Waals surface area contributed by atoms with Gasteiger partial charge in [0.2, 0.25) is 15.9 Å². The largest absolute Gasteiger partial charge is 0.573 e. The van der Waals surface area contributed by atoms with Gasteiger partial charge < -0.3 is 14.5 Å². The van der Waals surface area contributed by atoms with Crippen molar-refractivity contribution in [2.75, 3.05) is 6.54 Å². The SMILES string of the molecule is Cc1ccc(C(C)NC(=O)CNS(=O)(=O)c2ccc(OC(F)(F)F)cc2)o1. The molecular weight excluding hydrogens is 389 g/mol. The van der Waals surface area contributed by atoms with Crippen molar-refractivity contribution < 1.29 is 35.5 Å². The van der Waals surface area contributed by atoms with Crippen LogP contribution in [0.15, 0.2) is 45.7 Å². The summed E-state index contributed by atoms with van der Waals surface area (Å²) >= 11 is 0. The lowest BCUT2D eigenvalue weighted by molar-refractivity contribution is -0.274. The third-order valence-electron chi connectivity index (χ3n) is 3.36. The van der Waals surface area contributed by atoms with E-state index < -0.39 is 40.6 Å². The van der Waals surface area contributed by atoms with Gasteiger partial charge >= 0.3 is 6.36 Å². The van der Waals surface area contributed by atoms with Crippen molar-refractivity contribution in [1.29, 1.82) is 0 Å². The molecule has 2 rings (SSSR count). The van der Waals surface area contributed by atoms with E-state index in [1.807, 2.05) is 0 Å². The van der Waals surface area contributed by atoms with Crippen molar-refractivity contribution in [3.63, 3.8) is 0 Å². The van der Waals surface area contributed by atoms with E-state index in [4.69, 9.17) is 4.42 Å². The number of rotatable bonds is 7. The van der Waals surface area contributed by atoms with Gasteiger partial charge in [-0.3, -0.25) is 4.79 Å². The number of hydrogen-bond donors (Lipinski definition) is 2. The van der Waals surface area contributed by atoms with Crippen molar-refractivity contribution >= 4 is 15.9 Å². The Hall–Kier alpha value is -2.53. The predicted molar refractivity (Wildman–Crippen MR) is 88.3 cm³/mol. The number of ether oxygens (including phenoxy) is 1. The highest BCUT2D eigenvalue weighted by Gasteiger charge is 2.31. The van der Waals surface area contributed by atoms with Crippen LogP contribution in [0, 0.1) is 6.92 Å². The number of nitrogens with one attached hydrogen (secondary N) is 2. The Morgan fingerprint density at radius 2 is 1.81 bits per heavy atom. The number of benzene rings is 1. The quantitative estimate of drug-likeness (QED) is 0.737. The molecule has 0 aliphatic heterocycles. The second kappa shape index (κ2) is 8.01. The zero-order valence-electron chi connectivity index (χ0n) is 14.3. The number of carbonyl (C=O) groups is 1. The van der Waals surface area contributed by atoms with E-state index in [0.717, 1.165) is 24.3 Å². The Balaban J connectivity index is 1.92. The molecule has 0 bridgehead atoms. The summed E-state index contributed by atoms with van der Waals surface area (Å²) in [5.41, 5.74) is 0. The monoisotopic (exact) mass is 406 g/mol. The van der Waals surface area contributed by atoms with Crippen LogP contribution in [0.5, 0.6) is 5.75 Å². The van der Waals surface area contributed by atoms with Crippen LogP contribution in [0.3, 0.4) is 0 Å². The molecule has 148 valence electrons. The minimum Gasteiger partial charge on any atom is -0.464 e. The Morgan fingerprint density at radius 3 is 2.33 bits per heavy atom. The van der Waals surface area contributed by atoms with E-state index in [0.29, 0.717) is 11.5 Å². The summed E-state index contributed by atoms with van der Waals surface area (Å²) < 4.78 is 71.7. The van der Waals surface area contributed by atoms with E-state index in [1.165, 1.54) is 0 Å². The lowest BCUT2D eigenvalue weighted by Gasteiger charge is -2.13. The summed E-state index contributed by atoms with van der Waals surface area (Å²) in [5.74, 6) is 0.0348. The molecule has 1 aromatic heterocycles. The fourth-order valence-electron chi connectivity index (χ4n) is 2.11. The minimum atomic E-state index is -4.88. The highest BCUT2D eigenvalue weighted by molar-refractivity contribution is 7.89. The molecule has 1 heterocycles. The summed E-state index contributed by atoms with van der Waals surface area (Å²) in [7, 11) is -4.08. The third kappa shape index (κ3) is 6.29. The lowest BCUT2D eigenvalue weighted by atomic mass is 10.2. The maximum Gasteiger partial charge on any atom is 0.573 e. The van der Waals surface area contributed by atoms with Crippen LogP contribution in [0.25, 0.3) is 0 Å². The molecule has 1 atom stereocenters. The van der Waals surface area contributed by atoms with Gasteiger partial charge in [-0.25, -0.2) is 13.1 Å². The van der Waals surface area contributed by atoms with Crippen molar-refractivity contribution in [1.82, 2.24) is 10.0 Å². The Labute approximate surface area is 153 Å². The van der Waals surface area contributed by atoms with Gasteiger partial charge in [0.05, 0.1) is 17.5 Å². The van der Waals surface area contributed by atoms with Crippen molar-refractivity contribution in [3.05, 3.63) is 47.9 Å². The molecule has 27 heavy (non-hydrogen) atoms. The standard InChI is InChI=1S/C16H17F3N2O5S/c1-10-3-8-14(25-10)11(2)21-15(22)9-20-27(23,24)13-6-4-12(5-7-13)26-16(17,18)19/h3-8,11,20H,9H2,1-2H3,(H,21,22). The van der Waals surface area contributed by atoms with E-state index >= 15 is 0 Å². The normalized spacial score (nSPS) is 13.2. The molecular formula is C16H17F3N2O5S. The molecule has 2 N–H and O–H groups in total. The summed E-state index contributed by atoms with van der Waals surface area (Å²) in [6.45, 7) is 2.87. The first kappa shape index (κ1) is 20.8. The van der Waals surface area contributed by atoms with E-state index in [-0.39, 0.29) is 4.90 Å². The number of hydrogen-bond acceptors (Lipinski definition) is 5. The Kier molecular flexibility index (Phi) is 6.16. The molecule has 11 heteroatoms. The molecule has 0 spiro atoms. The lowest BCUT2D eigenvalue weighted by Crippen LogP contribution is -2.37. The summed E-state index contributed by atoms with van der Waals surface area (Å²) in [6, 6.07) is 6.56. The van der Waals surface area contributed by atoms with E-state index in [1.54, 1.807) is 26.0 Å². The fraction of sp³-hybridized carbons (Fsp3) is 0.312. The van der Waals surface area contributed by atoms with Gasteiger partial charge in [0.1, 0.15) is 17.3 Å². The zero-order valence-corrected chi connectivity index (χ0v) is 15.1. The van der Waals surface area contributed by atoms with Crippen LogP contribution >= 0.6 is 0 Å². The van der Waals surface area contributed by atoms with Crippen molar-refractivity contribution in [2.24, 2.45) is 0 Å². The van der Waals surface area contributed by atoms with Crippen LogP contribution in [0.4, 0.5) is 13.2 Å². The van der Waals surface area contributed by atoms with Gasteiger partial charge in [0, 0.05) is 0 Å². The smallest absolute Gasteiger partial charge is 0.464 e. The van der Waals surface area contributed by atoms with Gasteiger partial charge in [-0.15, -0.1) is 13.2 Å². The maximum absolute atomic E-state index is 12.1. The van der Waals surface area contributed by atoms with Crippen LogP contribution < -0.4 is 14.8 Å². The highest BCUT2D eigenvalue weighted by atomic mass is 32.2. The molecule has 1 unspecified atom stereocenters. The first-order valence-electron chi connectivity index (χ1n) is 7.67. The molecule has 1 aromatic carbocycles. The molecule has 7 nitrogen and oxygen atoms in total. The number of sulfonamides is 1. The molecule has 2 aromatic rings. The summed E-state index contributed by atoms with van der Waals surface area (Å²) in [6.07, 6.45) is -4.88. The molecule has 0 fully saturated rings. The van der Waals surface area contributed by atoms with Gasteiger partial charge in [0.15, 0.2) is 0 Å². The van der Waals surface area contributed by atoms with Crippen molar-refractivity contribution in [3.8, 4) is 5.75 Å². The molecule has 0 aliphatic rings. The van der Waals surface area contributed by atoms with Crippen LogP contribution in [-0.4, -0.2) is 27.2 Å². The number of halogens is 3. The Morgan fingerprint density at radius 1 is 1.19 bits per heavy atom. The van der Waals surface area contributed by atoms with Gasteiger partial charge in [-0.2, -0.15) is 0 Å². The summed E-state index contributed by atoms with van der Waals surface area (Å²) in [4.78, 5) is 11.6. The maximum atomic E-state index is 12.1. The van der Waals surface area contributed by atoms with Crippen LogP contribution in [0.2, 0.25) is 0 Å². The average molecular weight is 406 g/mol. The van der Waals surface area contributed by atoms with E-state index in [2.05, 4.69) is 14.8 Å². The topological polar surface area (TPSA) is 97.6 Å². The first-order valence-corrected chi connectivity index (χ1v) is 9.16.